The van der Waals surface area contributed by atoms with Crippen LogP contribution in [0.15, 0.2) is 236 Å². The Labute approximate surface area is 389 Å². The van der Waals surface area contributed by atoms with Crippen molar-refractivity contribution in [3.63, 3.8) is 0 Å². The fraction of sp³-hybridized carbons (Fsp3) is 0. The van der Waals surface area contributed by atoms with Gasteiger partial charge in [-0.25, -0.2) is 15.0 Å². The summed E-state index contributed by atoms with van der Waals surface area (Å²) in [5.41, 5.74) is -3.24. The molecule has 0 aliphatic heterocycles. The predicted octanol–water partition coefficient (Wildman–Crippen LogP) is 14.9. The molecule has 0 saturated heterocycles. The summed E-state index contributed by atoms with van der Waals surface area (Å²) >= 11 is 0. The molecule has 0 radical (unpaired) electrons. The summed E-state index contributed by atoms with van der Waals surface area (Å²) in [6.07, 6.45) is 0. The van der Waals surface area contributed by atoms with Gasteiger partial charge in [-0.15, -0.1) is 0 Å². The lowest BCUT2D eigenvalue weighted by molar-refractivity contribution is 1.07. The van der Waals surface area contributed by atoms with Crippen molar-refractivity contribution >= 4 is 0 Å². The highest BCUT2D eigenvalue weighted by Gasteiger charge is 2.15. The lowest BCUT2D eigenvalue weighted by Gasteiger charge is -2.12. The highest BCUT2D eigenvalue weighted by atomic mass is 15.0. The Hall–Kier alpha value is -8.01. The van der Waals surface area contributed by atoms with Gasteiger partial charge in [0, 0.05) is 16.7 Å². The number of aromatic nitrogens is 3. The van der Waals surface area contributed by atoms with Crippen molar-refractivity contribution in [1.29, 1.82) is 0 Å². The van der Waals surface area contributed by atoms with E-state index in [4.69, 9.17) is 52.0 Å². The Morgan fingerprint density at radius 1 is 0.217 bits per heavy atom. The van der Waals surface area contributed by atoms with E-state index in [-0.39, 0.29) is 67.5 Å². The molecule has 0 amide bonds. The summed E-state index contributed by atoms with van der Waals surface area (Å²) < 4.78 is 234. The third kappa shape index (κ3) is 7.80. The van der Waals surface area contributed by atoms with E-state index in [0.717, 1.165) is 0 Å². The minimum Gasteiger partial charge on any atom is -0.208 e. The van der Waals surface area contributed by atoms with Gasteiger partial charge in [0.15, 0.2) is 17.5 Å². The minimum absolute atomic E-state index is 0.0791. The second-order valence-corrected chi connectivity index (χ2v) is 12.8. The monoisotopic (exact) mass is 792 g/mol. The van der Waals surface area contributed by atoms with Crippen LogP contribution >= 0.6 is 0 Å². The van der Waals surface area contributed by atoms with Crippen molar-refractivity contribution in [2.24, 2.45) is 0 Å². The van der Waals surface area contributed by atoms with Crippen molar-refractivity contribution in [2.75, 3.05) is 0 Å². The summed E-state index contributed by atoms with van der Waals surface area (Å²) in [6, 6.07) is -1.36. The van der Waals surface area contributed by atoms with Crippen LogP contribution in [0.25, 0.3) is 101 Å². The first-order valence-corrected chi connectivity index (χ1v) is 18.1. The van der Waals surface area contributed by atoms with Crippen molar-refractivity contribution in [2.45, 2.75) is 0 Å². The second-order valence-electron chi connectivity index (χ2n) is 12.8. The van der Waals surface area contributed by atoms with Crippen LogP contribution in [0.3, 0.4) is 0 Å². The highest BCUT2D eigenvalue weighted by molar-refractivity contribution is 5.79. The molecule has 0 bridgehead atoms. The Balaban J connectivity index is 1.17. The summed E-state index contributed by atoms with van der Waals surface area (Å²) in [5.74, 6) is -0.339. The quantitative estimate of drug-likeness (QED) is 0.146. The van der Waals surface area contributed by atoms with Gasteiger partial charge in [0.2, 0.25) is 0 Å². The summed E-state index contributed by atoms with van der Waals surface area (Å²) in [4.78, 5) is 14.4. The summed E-state index contributed by atoms with van der Waals surface area (Å²) in [7, 11) is 0. The molecule has 10 aromatic rings. The second kappa shape index (κ2) is 16.5. The zero-order chi connectivity index (χ0) is 63.6. The van der Waals surface area contributed by atoms with Gasteiger partial charge < -0.3 is 0 Å². The first kappa shape index (κ1) is 17.5. The van der Waals surface area contributed by atoms with Gasteiger partial charge in [-0.1, -0.05) is 218 Å². The van der Waals surface area contributed by atoms with E-state index in [1.165, 1.54) is 54.6 Å². The lowest BCUT2D eigenvalue weighted by atomic mass is 9.98. The summed E-state index contributed by atoms with van der Waals surface area (Å²) in [6.45, 7) is 0. The van der Waals surface area contributed by atoms with Crippen LogP contribution in [0.2, 0.25) is 0 Å². The highest BCUT2D eigenvalue weighted by Crippen LogP contribution is 2.33. The molecule has 3 heteroatoms. The molecule has 282 valence electrons. The maximum atomic E-state index is 9.15. The maximum absolute atomic E-state index is 9.15. The van der Waals surface area contributed by atoms with E-state index < -0.39 is 197 Å². The minimum atomic E-state index is -0.750. The molecule has 10 rings (SSSR count). The molecule has 0 N–H and O–H groups in total. The van der Waals surface area contributed by atoms with E-state index in [1.54, 1.807) is 18.2 Å². The van der Waals surface area contributed by atoms with Gasteiger partial charge in [-0.3, -0.25) is 0 Å². The van der Waals surface area contributed by atoms with Crippen LogP contribution in [-0.4, -0.2) is 15.0 Å². The molecule has 3 nitrogen and oxygen atoms in total. The fourth-order valence-electron chi connectivity index (χ4n) is 6.08. The van der Waals surface area contributed by atoms with Gasteiger partial charge in [-0.2, -0.15) is 0 Å². The first-order chi connectivity index (χ1) is 40.9. The van der Waals surface area contributed by atoms with Gasteiger partial charge in [0.1, 0.15) is 0 Å². The Morgan fingerprint density at radius 3 is 0.667 bits per heavy atom. The normalized spacial score (nSPS) is 17.3. The zero-order valence-corrected chi connectivity index (χ0v) is 30.8. The topological polar surface area (TPSA) is 38.7 Å². The molecule has 0 saturated carbocycles. The van der Waals surface area contributed by atoms with Crippen LogP contribution in [0.4, 0.5) is 0 Å². The molecule has 60 heavy (non-hydrogen) atoms. The van der Waals surface area contributed by atoms with E-state index >= 15 is 0 Å². The van der Waals surface area contributed by atoms with E-state index in [9.17, 15) is 0 Å². The Morgan fingerprint density at radius 2 is 0.417 bits per heavy atom. The van der Waals surface area contributed by atoms with Crippen molar-refractivity contribution in [3.8, 4) is 101 Å². The molecule has 1 aromatic heterocycles. The standard InChI is InChI=1S/C57H39N3/c1-4-13-40(14-5-1)43-25-31-46(32-26-43)49-19-10-22-52(37-49)55-58-56(53-23-11-20-50(38-53)47-33-27-44(28-34-47)41-15-6-2-7-16-41)60-57(59-55)54-24-12-21-51(39-54)48-35-29-45(30-36-48)42-17-8-3-9-18-42/h1-39H/i1D,2D,3D,4D,5D,6D,7D,8D,9D,13D,14D,15D,16D,17D,18D,25D,26D,27D,28D,29D,30D,31D,32D,33D,34D,35D,36D. The van der Waals surface area contributed by atoms with Crippen LogP contribution in [0, 0.1) is 0 Å². The Bertz CT molecular complexity index is 4030. The van der Waals surface area contributed by atoms with Crippen LogP contribution < -0.4 is 0 Å². The zero-order valence-electron chi connectivity index (χ0n) is 57.8. The molecule has 0 aliphatic rings. The van der Waals surface area contributed by atoms with Crippen molar-refractivity contribution < 1.29 is 37.0 Å². The van der Waals surface area contributed by atoms with E-state index in [2.05, 4.69) is 0 Å². The van der Waals surface area contributed by atoms with Crippen LogP contribution in [-0.2, 0) is 0 Å². The SMILES string of the molecule is [2H]c1c([2H])c([2H])c(-c2c([2H])c([2H])c(-c3cccc(-c4nc(-c5cccc(-c6c([2H])c([2H])c(-c7c([2H])c([2H])c([2H])c([2H])c7[2H])c([2H])c6[2H])c5)nc(-c5cccc(-c6c([2H])c([2H])c(-c7c([2H])c([2H])c([2H])c([2H])c7[2H])c([2H])c6[2H])c5)n4)c3)c([2H])c2[2H])c([2H])c1[2H]. The molecule has 1 heterocycles. The van der Waals surface area contributed by atoms with Crippen molar-refractivity contribution in [3.05, 3.63) is 236 Å². The largest absolute Gasteiger partial charge is 0.208 e. The average molecular weight is 793 g/mol. The molecule has 0 aliphatic carbocycles. The van der Waals surface area contributed by atoms with Crippen LogP contribution in [0.5, 0.6) is 0 Å². The molecule has 0 spiro atoms. The number of hydrogen-bond donors (Lipinski definition) is 0. The molecule has 9 aromatic carbocycles. The number of hydrogen-bond acceptors (Lipinski definition) is 3. The van der Waals surface area contributed by atoms with Gasteiger partial charge >= 0.3 is 0 Å². The average Bonchev–Trinajstić information content (AvgIpc) is 1.13. The smallest absolute Gasteiger partial charge is 0.164 e. The lowest BCUT2D eigenvalue weighted by Crippen LogP contribution is -2.00. The number of nitrogens with zero attached hydrogens (tertiary/aromatic N) is 3. The van der Waals surface area contributed by atoms with Gasteiger partial charge in [0.25, 0.3) is 0 Å². The molecular weight excluding hydrogens is 727 g/mol. The Kier molecular flexibility index (Phi) is 4.79. The molecular formula is C57H39N3. The van der Waals surface area contributed by atoms with Gasteiger partial charge in [-0.05, 0) is 85.0 Å². The van der Waals surface area contributed by atoms with Gasteiger partial charge in [0.05, 0.1) is 37.0 Å². The first-order valence-electron chi connectivity index (χ1n) is 31.6. The van der Waals surface area contributed by atoms with E-state index in [0.29, 0.717) is 0 Å². The predicted molar refractivity (Wildman–Crippen MR) is 249 cm³/mol. The summed E-state index contributed by atoms with van der Waals surface area (Å²) in [5, 5.41) is 0. The maximum Gasteiger partial charge on any atom is 0.164 e. The molecule has 0 fully saturated rings. The number of rotatable bonds is 9. The van der Waals surface area contributed by atoms with Crippen LogP contribution in [0.1, 0.15) is 37.0 Å². The molecule has 0 unspecified atom stereocenters. The third-order valence-electron chi connectivity index (χ3n) is 8.99. The van der Waals surface area contributed by atoms with Crippen molar-refractivity contribution in [1.82, 2.24) is 15.0 Å². The molecule has 0 atom stereocenters. The fourth-order valence-corrected chi connectivity index (χ4v) is 6.08. The van der Waals surface area contributed by atoms with E-state index in [1.807, 2.05) is 0 Å². The number of benzene rings is 9. The third-order valence-corrected chi connectivity index (χ3v) is 8.99.